The standard InChI is InChI=1S/C9H9N3O4S/c13-17(14,15)6-4-12-3-1-8(7-10-12)9-2-5-16-11-9/h1-3,5,7H,4,6H2. The SMILES string of the molecule is O=S(=O)([O-])CC[n+]1ccc(-c2ccon2)cn1. The maximum Gasteiger partial charge on any atom is 0.197 e. The Balaban J connectivity index is 2.09. The maximum absolute atomic E-state index is 10.4. The van der Waals surface area contributed by atoms with Crippen molar-refractivity contribution in [1.82, 2.24) is 10.3 Å². The van der Waals surface area contributed by atoms with Crippen LogP contribution in [0.15, 0.2) is 35.3 Å². The summed E-state index contributed by atoms with van der Waals surface area (Å²) in [5.41, 5.74) is 1.39. The van der Waals surface area contributed by atoms with Crippen LogP contribution in [0, 0.1) is 0 Å². The van der Waals surface area contributed by atoms with E-state index in [9.17, 15) is 13.0 Å². The fourth-order valence-corrected chi connectivity index (χ4v) is 1.65. The Morgan fingerprint density at radius 2 is 2.24 bits per heavy atom. The van der Waals surface area contributed by atoms with Gasteiger partial charge in [-0.2, -0.15) is 0 Å². The Morgan fingerprint density at radius 3 is 2.76 bits per heavy atom. The zero-order valence-electron chi connectivity index (χ0n) is 8.68. The van der Waals surface area contributed by atoms with Crippen molar-refractivity contribution in [2.24, 2.45) is 0 Å². The molecule has 0 N–H and O–H groups in total. The first kappa shape index (κ1) is 11.7. The molecular formula is C9H9N3O4S. The summed E-state index contributed by atoms with van der Waals surface area (Å²) in [6, 6.07) is 3.39. The van der Waals surface area contributed by atoms with Crippen LogP contribution in [0.25, 0.3) is 11.3 Å². The lowest BCUT2D eigenvalue weighted by Gasteiger charge is -2.02. The second-order valence-corrected chi connectivity index (χ2v) is 4.85. The van der Waals surface area contributed by atoms with E-state index in [4.69, 9.17) is 0 Å². The Kier molecular flexibility index (Phi) is 3.16. The highest BCUT2D eigenvalue weighted by Gasteiger charge is 2.08. The van der Waals surface area contributed by atoms with Gasteiger partial charge >= 0.3 is 0 Å². The van der Waals surface area contributed by atoms with E-state index in [1.165, 1.54) is 17.1 Å². The number of hydrogen-bond acceptors (Lipinski definition) is 6. The van der Waals surface area contributed by atoms with Crippen molar-refractivity contribution in [1.29, 1.82) is 0 Å². The zero-order valence-corrected chi connectivity index (χ0v) is 9.50. The summed E-state index contributed by atoms with van der Waals surface area (Å²) in [4.78, 5) is 0. The summed E-state index contributed by atoms with van der Waals surface area (Å²) in [7, 11) is -4.21. The lowest BCUT2D eigenvalue weighted by atomic mass is 10.2. The normalized spacial score (nSPS) is 11.6. The molecule has 0 fully saturated rings. The molecule has 2 rings (SSSR count). The van der Waals surface area contributed by atoms with E-state index in [-0.39, 0.29) is 6.54 Å². The topological polar surface area (TPSA) is 100 Å². The second kappa shape index (κ2) is 4.60. The lowest BCUT2D eigenvalue weighted by Crippen LogP contribution is -2.40. The Morgan fingerprint density at radius 1 is 1.41 bits per heavy atom. The third-order valence-corrected chi connectivity index (χ3v) is 2.76. The number of rotatable bonds is 4. The smallest absolute Gasteiger partial charge is 0.197 e. The Hall–Kier alpha value is -1.80. The summed E-state index contributed by atoms with van der Waals surface area (Å²) in [5, 5.41) is 7.70. The summed E-state index contributed by atoms with van der Waals surface area (Å²) in [6.45, 7) is 0.0327. The molecule has 8 heteroatoms. The summed E-state index contributed by atoms with van der Waals surface area (Å²) >= 11 is 0. The van der Waals surface area contributed by atoms with Gasteiger partial charge in [-0.25, -0.2) is 8.42 Å². The van der Waals surface area contributed by atoms with E-state index < -0.39 is 15.9 Å². The average molecular weight is 255 g/mol. The third kappa shape index (κ3) is 3.33. The van der Waals surface area contributed by atoms with Crippen molar-refractivity contribution in [2.45, 2.75) is 6.54 Å². The highest BCUT2D eigenvalue weighted by atomic mass is 32.2. The van der Waals surface area contributed by atoms with E-state index in [1.807, 2.05) is 0 Å². The molecule has 0 saturated heterocycles. The van der Waals surface area contributed by atoms with Crippen LogP contribution >= 0.6 is 0 Å². The van der Waals surface area contributed by atoms with Gasteiger partial charge in [-0.15, -0.1) is 0 Å². The van der Waals surface area contributed by atoms with Gasteiger partial charge < -0.3 is 9.08 Å². The number of nitrogens with zero attached hydrogens (tertiary/aromatic N) is 3. The fourth-order valence-electron chi connectivity index (χ4n) is 1.23. The largest absolute Gasteiger partial charge is 0.748 e. The first-order valence-electron chi connectivity index (χ1n) is 4.75. The quantitative estimate of drug-likeness (QED) is 0.543. The molecule has 2 aromatic rings. The van der Waals surface area contributed by atoms with Gasteiger partial charge in [-0.05, 0) is 5.10 Å². The van der Waals surface area contributed by atoms with Gasteiger partial charge in [-0.1, -0.05) is 9.84 Å². The monoisotopic (exact) mass is 255 g/mol. The predicted octanol–water partition coefficient (Wildman–Crippen LogP) is -0.431. The molecule has 2 heterocycles. The molecule has 90 valence electrons. The molecule has 0 aromatic carbocycles. The average Bonchev–Trinajstić information content (AvgIpc) is 2.79. The second-order valence-electron chi connectivity index (χ2n) is 3.33. The van der Waals surface area contributed by atoms with Crippen LogP contribution in [0.5, 0.6) is 0 Å². The van der Waals surface area contributed by atoms with Crippen molar-refractivity contribution in [2.75, 3.05) is 5.75 Å². The molecular weight excluding hydrogens is 246 g/mol. The summed E-state index contributed by atoms with van der Waals surface area (Å²) in [5.74, 6) is -0.478. The Bertz CT molecular complexity index is 577. The molecule has 0 bridgehead atoms. The van der Waals surface area contributed by atoms with Gasteiger partial charge in [0.05, 0.1) is 5.75 Å². The van der Waals surface area contributed by atoms with Crippen LogP contribution in [-0.4, -0.2) is 29.0 Å². The zero-order chi connectivity index (χ0) is 12.3. The van der Waals surface area contributed by atoms with Crippen LogP contribution in [0.3, 0.4) is 0 Å². The van der Waals surface area contributed by atoms with Gasteiger partial charge in [0, 0.05) is 17.7 Å². The van der Waals surface area contributed by atoms with E-state index in [2.05, 4.69) is 14.8 Å². The first-order chi connectivity index (χ1) is 8.04. The van der Waals surface area contributed by atoms with Gasteiger partial charge in [0.2, 0.25) is 0 Å². The molecule has 0 amide bonds. The van der Waals surface area contributed by atoms with E-state index in [0.29, 0.717) is 5.69 Å². The third-order valence-electron chi connectivity index (χ3n) is 2.08. The van der Waals surface area contributed by atoms with Crippen LogP contribution in [0.2, 0.25) is 0 Å². The van der Waals surface area contributed by atoms with Crippen LogP contribution in [0.4, 0.5) is 0 Å². The summed E-state index contributed by atoms with van der Waals surface area (Å²) in [6.07, 6.45) is 4.55. The fraction of sp³-hybridized carbons (Fsp3) is 0.222. The van der Waals surface area contributed by atoms with E-state index in [1.54, 1.807) is 18.3 Å². The van der Waals surface area contributed by atoms with Crippen LogP contribution in [-0.2, 0) is 16.7 Å². The molecule has 0 radical (unpaired) electrons. The van der Waals surface area contributed by atoms with E-state index >= 15 is 0 Å². The molecule has 0 aliphatic rings. The summed E-state index contributed by atoms with van der Waals surface area (Å²) < 4.78 is 37.4. The van der Waals surface area contributed by atoms with Gasteiger partial charge in [-0.3, -0.25) is 0 Å². The Labute approximate surface area is 97.4 Å². The van der Waals surface area contributed by atoms with Crippen molar-refractivity contribution in [3.8, 4) is 11.3 Å². The van der Waals surface area contributed by atoms with Crippen LogP contribution < -0.4 is 4.68 Å². The van der Waals surface area contributed by atoms with E-state index in [0.717, 1.165) is 5.56 Å². The number of hydrogen-bond donors (Lipinski definition) is 0. The maximum atomic E-state index is 10.4. The molecule has 0 atom stereocenters. The van der Waals surface area contributed by atoms with Crippen molar-refractivity contribution in [3.63, 3.8) is 0 Å². The molecule has 7 nitrogen and oxygen atoms in total. The molecule has 0 aliphatic carbocycles. The minimum Gasteiger partial charge on any atom is -0.748 e. The lowest BCUT2D eigenvalue weighted by molar-refractivity contribution is -0.750. The predicted molar refractivity (Wildman–Crippen MR) is 54.5 cm³/mol. The van der Waals surface area contributed by atoms with Gasteiger partial charge in [0.15, 0.2) is 12.7 Å². The van der Waals surface area contributed by atoms with Gasteiger partial charge in [0.25, 0.3) is 0 Å². The molecule has 0 spiro atoms. The van der Waals surface area contributed by atoms with Crippen LogP contribution in [0.1, 0.15) is 0 Å². The minimum atomic E-state index is -4.21. The van der Waals surface area contributed by atoms with Crippen molar-refractivity contribution >= 4 is 10.1 Å². The highest BCUT2D eigenvalue weighted by molar-refractivity contribution is 7.85. The van der Waals surface area contributed by atoms with Gasteiger partial charge in [0.1, 0.15) is 28.3 Å². The van der Waals surface area contributed by atoms with Crippen molar-refractivity contribution in [3.05, 3.63) is 30.8 Å². The molecule has 2 aromatic heterocycles. The van der Waals surface area contributed by atoms with Crippen molar-refractivity contribution < 1.29 is 22.2 Å². The molecule has 0 aliphatic heterocycles. The molecule has 0 unspecified atom stereocenters. The number of aromatic nitrogens is 3. The number of aryl methyl sites for hydroxylation is 1. The molecule has 0 saturated carbocycles. The highest BCUT2D eigenvalue weighted by Crippen LogP contribution is 2.12. The molecule has 17 heavy (non-hydrogen) atoms. The minimum absolute atomic E-state index is 0.0327. The first-order valence-corrected chi connectivity index (χ1v) is 6.32.